The summed E-state index contributed by atoms with van der Waals surface area (Å²) < 4.78 is 42.4. The van der Waals surface area contributed by atoms with Gasteiger partial charge in [0.1, 0.15) is 6.04 Å². The summed E-state index contributed by atoms with van der Waals surface area (Å²) in [6.45, 7) is 4.50. The lowest BCUT2D eigenvalue weighted by Gasteiger charge is -2.16. The Morgan fingerprint density at radius 2 is 2.15 bits per heavy atom. The Balaban J connectivity index is 1.65. The van der Waals surface area contributed by atoms with Crippen molar-refractivity contribution in [3.63, 3.8) is 0 Å². The van der Waals surface area contributed by atoms with Crippen molar-refractivity contribution < 1.29 is 18.0 Å². The molecular formula is C17H21ClF3N5O. The molecule has 0 aromatic carbocycles. The van der Waals surface area contributed by atoms with Crippen molar-refractivity contribution in [3.8, 4) is 0 Å². The third-order valence-corrected chi connectivity index (χ3v) is 5.01. The van der Waals surface area contributed by atoms with Crippen LogP contribution >= 0.6 is 11.6 Å². The summed E-state index contributed by atoms with van der Waals surface area (Å²) >= 11 is 5.95. The molecule has 1 N–H and O–H groups in total. The van der Waals surface area contributed by atoms with E-state index in [0.29, 0.717) is 25.2 Å². The van der Waals surface area contributed by atoms with Gasteiger partial charge in [-0.2, -0.15) is 23.4 Å². The number of aromatic nitrogens is 4. The van der Waals surface area contributed by atoms with E-state index in [4.69, 9.17) is 11.6 Å². The fourth-order valence-electron chi connectivity index (χ4n) is 2.96. The predicted octanol–water partition coefficient (Wildman–Crippen LogP) is 3.71. The Kier molecular flexibility index (Phi) is 5.50. The van der Waals surface area contributed by atoms with Crippen molar-refractivity contribution in [2.24, 2.45) is 0 Å². The van der Waals surface area contributed by atoms with E-state index < -0.39 is 17.9 Å². The highest BCUT2D eigenvalue weighted by molar-refractivity contribution is 6.32. The normalized spacial score (nSPS) is 15.8. The van der Waals surface area contributed by atoms with Crippen molar-refractivity contribution in [1.82, 2.24) is 24.9 Å². The number of hydrogen-bond donors (Lipinski definition) is 1. The molecule has 3 rings (SSSR count). The molecule has 1 unspecified atom stereocenters. The first kappa shape index (κ1) is 19.7. The highest BCUT2D eigenvalue weighted by atomic mass is 35.5. The minimum Gasteiger partial charge on any atom is -0.354 e. The number of carbonyl (C=O) groups is 1. The summed E-state index contributed by atoms with van der Waals surface area (Å²) in [5, 5.41) is 10.1. The topological polar surface area (TPSA) is 64.7 Å². The summed E-state index contributed by atoms with van der Waals surface area (Å²) in [4.78, 5) is 12.4. The van der Waals surface area contributed by atoms with Crippen LogP contribution in [0.4, 0.5) is 13.2 Å². The van der Waals surface area contributed by atoms with Crippen LogP contribution in [0.2, 0.25) is 5.02 Å². The van der Waals surface area contributed by atoms with Crippen LogP contribution in [-0.4, -0.2) is 32.0 Å². The van der Waals surface area contributed by atoms with Crippen molar-refractivity contribution in [2.75, 3.05) is 6.54 Å². The first-order chi connectivity index (χ1) is 12.7. The average molecular weight is 404 g/mol. The van der Waals surface area contributed by atoms with Crippen LogP contribution in [0.5, 0.6) is 0 Å². The molecule has 0 saturated heterocycles. The van der Waals surface area contributed by atoms with Crippen LogP contribution in [0.15, 0.2) is 12.3 Å². The third-order valence-electron chi connectivity index (χ3n) is 4.64. The number of nitrogens with one attached hydrogen (secondary N) is 1. The minimum atomic E-state index is -4.65. The van der Waals surface area contributed by atoms with Gasteiger partial charge in [0.05, 0.1) is 10.7 Å². The maximum atomic E-state index is 13.1. The molecule has 0 aliphatic heterocycles. The molecule has 27 heavy (non-hydrogen) atoms. The van der Waals surface area contributed by atoms with Crippen molar-refractivity contribution in [1.29, 1.82) is 0 Å². The number of hydrogen-bond acceptors (Lipinski definition) is 3. The van der Waals surface area contributed by atoms with E-state index in [1.54, 1.807) is 6.20 Å². The predicted molar refractivity (Wildman–Crippen MR) is 93.5 cm³/mol. The van der Waals surface area contributed by atoms with Crippen molar-refractivity contribution >= 4 is 17.5 Å². The highest BCUT2D eigenvalue weighted by Gasteiger charge is 2.43. The van der Waals surface area contributed by atoms with Crippen LogP contribution in [0.25, 0.3) is 0 Å². The molecule has 2 aromatic heterocycles. The molecule has 2 aromatic rings. The maximum Gasteiger partial charge on any atom is 0.436 e. The van der Waals surface area contributed by atoms with E-state index in [1.807, 2.05) is 17.7 Å². The van der Waals surface area contributed by atoms with Crippen LogP contribution in [0, 0.1) is 6.92 Å². The largest absolute Gasteiger partial charge is 0.436 e. The second-order valence-corrected chi connectivity index (χ2v) is 7.16. The molecule has 1 aliphatic rings. The smallest absolute Gasteiger partial charge is 0.354 e. The molecule has 0 radical (unpaired) electrons. The zero-order valence-corrected chi connectivity index (χ0v) is 15.8. The summed E-state index contributed by atoms with van der Waals surface area (Å²) in [6.07, 6.45) is -0.788. The second-order valence-electron chi connectivity index (χ2n) is 6.78. The van der Waals surface area contributed by atoms with Gasteiger partial charge in [0.2, 0.25) is 5.91 Å². The Labute approximate surface area is 159 Å². The fourth-order valence-corrected chi connectivity index (χ4v) is 3.34. The zero-order valence-electron chi connectivity index (χ0n) is 15.1. The average Bonchev–Trinajstić information content (AvgIpc) is 3.25. The fraction of sp³-hybridized carbons (Fsp3) is 0.588. The standard InChI is InChI=1S/C17H21ClF3N5O/c1-10-6-8-23-25(10)9-3-7-22-16(27)11(2)26-14(12-4-5-12)13(18)15(24-26)17(19,20)21/h6,8,11-12H,3-5,7,9H2,1-2H3,(H,22,27). The summed E-state index contributed by atoms with van der Waals surface area (Å²) in [7, 11) is 0. The molecule has 2 heterocycles. The summed E-state index contributed by atoms with van der Waals surface area (Å²) in [6, 6.07) is 1.01. The van der Waals surface area contributed by atoms with Gasteiger partial charge in [0.15, 0.2) is 5.69 Å². The van der Waals surface area contributed by atoms with Crippen LogP contribution < -0.4 is 5.32 Å². The second kappa shape index (κ2) is 7.53. The Hall–Kier alpha value is -2.03. The molecule has 6 nitrogen and oxygen atoms in total. The van der Waals surface area contributed by atoms with Crippen molar-refractivity contribution in [3.05, 3.63) is 34.4 Å². The molecule has 1 atom stereocenters. The molecule has 1 saturated carbocycles. The van der Waals surface area contributed by atoms with E-state index in [2.05, 4.69) is 15.5 Å². The van der Waals surface area contributed by atoms with E-state index in [9.17, 15) is 18.0 Å². The molecule has 0 spiro atoms. The maximum absolute atomic E-state index is 13.1. The Morgan fingerprint density at radius 3 is 2.70 bits per heavy atom. The van der Waals surface area contributed by atoms with Gasteiger partial charge in [-0.05, 0) is 39.2 Å². The van der Waals surface area contributed by atoms with E-state index in [0.717, 1.165) is 23.2 Å². The molecular weight excluding hydrogens is 383 g/mol. The van der Waals surface area contributed by atoms with Crippen molar-refractivity contribution in [2.45, 2.75) is 57.8 Å². The van der Waals surface area contributed by atoms with Crippen LogP contribution in [-0.2, 0) is 17.5 Å². The van der Waals surface area contributed by atoms with Gasteiger partial charge in [0, 0.05) is 30.9 Å². The highest BCUT2D eigenvalue weighted by Crippen LogP contribution is 2.47. The van der Waals surface area contributed by atoms with Gasteiger partial charge in [-0.1, -0.05) is 11.6 Å². The zero-order chi connectivity index (χ0) is 19.8. The molecule has 1 amide bonds. The lowest BCUT2D eigenvalue weighted by Crippen LogP contribution is -2.33. The van der Waals surface area contributed by atoms with Crippen LogP contribution in [0.1, 0.15) is 55.2 Å². The van der Waals surface area contributed by atoms with Crippen LogP contribution in [0.3, 0.4) is 0 Å². The van der Waals surface area contributed by atoms with E-state index >= 15 is 0 Å². The van der Waals surface area contributed by atoms with Gasteiger partial charge < -0.3 is 5.32 Å². The molecule has 1 aliphatic carbocycles. The number of halogens is 4. The van der Waals surface area contributed by atoms with Gasteiger partial charge in [0.25, 0.3) is 0 Å². The van der Waals surface area contributed by atoms with E-state index in [-0.39, 0.29) is 16.8 Å². The summed E-state index contributed by atoms with van der Waals surface area (Å²) in [5.41, 5.74) is 0.202. The number of carbonyl (C=O) groups excluding carboxylic acids is 1. The lowest BCUT2D eigenvalue weighted by molar-refractivity contribution is -0.141. The number of rotatable bonds is 7. The monoisotopic (exact) mass is 403 g/mol. The summed E-state index contributed by atoms with van der Waals surface area (Å²) in [5.74, 6) is -0.457. The first-order valence-corrected chi connectivity index (χ1v) is 9.19. The molecule has 1 fully saturated rings. The molecule has 0 bridgehead atoms. The first-order valence-electron chi connectivity index (χ1n) is 8.81. The molecule has 148 valence electrons. The quantitative estimate of drug-likeness (QED) is 0.717. The Bertz CT molecular complexity index is 825. The number of amides is 1. The van der Waals surface area contributed by atoms with Gasteiger partial charge >= 0.3 is 6.18 Å². The van der Waals surface area contributed by atoms with Gasteiger partial charge in [-0.15, -0.1) is 0 Å². The number of alkyl halides is 3. The lowest BCUT2D eigenvalue weighted by atomic mass is 10.2. The molecule has 10 heteroatoms. The SMILES string of the molecule is Cc1ccnn1CCCNC(=O)C(C)n1nc(C(F)(F)F)c(Cl)c1C1CC1. The third kappa shape index (κ3) is 4.28. The van der Waals surface area contributed by atoms with Gasteiger partial charge in [-0.25, -0.2) is 0 Å². The van der Waals surface area contributed by atoms with Gasteiger partial charge in [-0.3, -0.25) is 14.2 Å². The number of nitrogens with zero attached hydrogens (tertiary/aromatic N) is 4. The Morgan fingerprint density at radius 1 is 1.44 bits per heavy atom. The minimum absolute atomic E-state index is 0.0702. The van der Waals surface area contributed by atoms with E-state index in [1.165, 1.54) is 6.92 Å². The number of aryl methyl sites for hydroxylation is 2.